The van der Waals surface area contributed by atoms with Crippen molar-refractivity contribution in [2.45, 2.75) is 37.1 Å². The van der Waals surface area contributed by atoms with Crippen LogP contribution in [0.2, 0.25) is 0 Å². The van der Waals surface area contributed by atoms with Crippen LogP contribution in [0.25, 0.3) is 0 Å². The van der Waals surface area contributed by atoms with Crippen molar-refractivity contribution in [1.82, 2.24) is 24.5 Å². The van der Waals surface area contributed by atoms with Crippen molar-refractivity contribution < 1.29 is 8.42 Å². The molecule has 1 unspecified atom stereocenters. The van der Waals surface area contributed by atoms with Gasteiger partial charge in [-0.2, -0.15) is 5.10 Å². The smallest absolute Gasteiger partial charge is 0.225 e. The predicted molar refractivity (Wildman–Crippen MR) is 88.9 cm³/mol. The van der Waals surface area contributed by atoms with Crippen LogP contribution in [-0.4, -0.2) is 46.5 Å². The Morgan fingerprint density at radius 1 is 1.21 bits per heavy atom. The first kappa shape index (κ1) is 15.5. The minimum Gasteiger partial charge on any atom is -0.333 e. The monoisotopic (exact) mass is 348 g/mol. The molecule has 1 aliphatic carbocycles. The molecule has 128 valence electrons. The van der Waals surface area contributed by atoms with E-state index in [4.69, 9.17) is 0 Å². The average molecular weight is 348 g/mol. The Hall–Kier alpha value is -2.00. The Labute approximate surface area is 141 Å². The van der Waals surface area contributed by atoms with Gasteiger partial charge in [0, 0.05) is 31.7 Å². The fourth-order valence-electron chi connectivity index (χ4n) is 3.07. The molecular formula is C15H20N6O2S. The molecule has 0 bridgehead atoms. The highest BCUT2D eigenvalue weighted by molar-refractivity contribution is 7.90. The number of hydrogen-bond donors (Lipinski definition) is 1. The van der Waals surface area contributed by atoms with E-state index in [1.54, 1.807) is 24.7 Å². The van der Waals surface area contributed by atoms with Gasteiger partial charge in [-0.05, 0) is 31.4 Å². The number of anilines is 1. The lowest BCUT2D eigenvalue weighted by Crippen LogP contribution is -2.40. The van der Waals surface area contributed by atoms with Gasteiger partial charge in [0.15, 0.2) is 0 Å². The molecule has 8 nitrogen and oxygen atoms in total. The molecular weight excluding hydrogens is 328 g/mol. The van der Waals surface area contributed by atoms with Crippen LogP contribution < -0.4 is 9.62 Å². The van der Waals surface area contributed by atoms with E-state index in [0.717, 1.165) is 18.5 Å². The molecule has 1 atom stereocenters. The summed E-state index contributed by atoms with van der Waals surface area (Å²) in [6.07, 6.45) is 7.48. The van der Waals surface area contributed by atoms with Gasteiger partial charge in [0.25, 0.3) is 0 Å². The molecule has 9 heteroatoms. The summed E-state index contributed by atoms with van der Waals surface area (Å²) in [5.41, 5.74) is 1.09. The standard InChI is InChI=1S/C15H20N6O2S/c22-24(23,14-2-3-14)19-9-5-13-11-20(15-16-6-1-7-17-15)10-12-4-8-18-21(12)13/h1,4,6-8,13-14,19H,2-3,5,9-11H2. The van der Waals surface area contributed by atoms with Gasteiger partial charge in [-0.3, -0.25) is 4.68 Å². The second kappa shape index (κ2) is 6.14. The van der Waals surface area contributed by atoms with Crippen LogP contribution in [0.15, 0.2) is 30.7 Å². The lowest BCUT2D eigenvalue weighted by atomic mass is 10.1. The summed E-state index contributed by atoms with van der Waals surface area (Å²) in [5, 5.41) is 4.22. The third-order valence-corrected chi connectivity index (χ3v) is 6.42. The third kappa shape index (κ3) is 3.13. The van der Waals surface area contributed by atoms with Crippen molar-refractivity contribution in [3.05, 3.63) is 36.4 Å². The Morgan fingerprint density at radius 2 is 2.00 bits per heavy atom. The van der Waals surface area contributed by atoms with Crippen molar-refractivity contribution in [1.29, 1.82) is 0 Å². The number of nitrogens with one attached hydrogen (secondary N) is 1. The van der Waals surface area contributed by atoms with Crippen LogP contribution in [0.5, 0.6) is 0 Å². The maximum Gasteiger partial charge on any atom is 0.225 e. The highest BCUT2D eigenvalue weighted by atomic mass is 32.2. The summed E-state index contributed by atoms with van der Waals surface area (Å²) >= 11 is 0. The van der Waals surface area contributed by atoms with Crippen LogP contribution in [0.4, 0.5) is 5.95 Å². The zero-order valence-corrected chi connectivity index (χ0v) is 14.1. The van der Waals surface area contributed by atoms with Crippen molar-refractivity contribution in [2.75, 3.05) is 18.0 Å². The molecule has 3 heterocycles. The number of rotatable bonds is 6. The Morgan fingerprint density at radius 3 is 2.75 bits per heavy atom. The van der Waals surface area contributed by atoms with Crippen molar-refractivity contribution in [3.63, 3.8) is 0 Å². The topological polar surface area (TPSA) is 93.0 Å². The fourth-order valence-corrected chi connectivity index (χ4v) is 4.47. The van der Waals surface area contributed by atoms with Gasteiger partial charge in [0.05, 0.1) is 23.5 Å². The van der Waals surface area contributed by atoms with Crippen molar-refractivity contribution >= 4 is 16.0 Å². The first-order chi connectivity index (χ1) is 11.6. The Kier molecular flexibility index (Phi) is 3.97. The molecule has 24 heavy (non-hydrogen) atoms. The zero-order valence-electron chi connectivity index (χ0n) is 13.2. The number of hydrogen-bond acceptors (Lipinski definition) is 6. The summed E-state index contributed by atoms with van der Waals surface area (Å²) in [4.78, 5) is 10.7. The van der Waals surface area contributed by atoms with Gasteiger partial charge in [0.2, 0.25) is 16.0 Å². The van der Waals surface area contributed by atoms with E-state index in [-0.39, 0.29) is 11.3 Å². The van der Waals surface area contributed by atoms with E-state index < -0.39 is 10.0 Å². The quantitative estimate of drug-likeness (QED) is 0.826. The van der Waals surface area contributed by atoms with Crippen LogP contribution in [-0.2, 0) is 16.6 Å². The first-order valence-corrected chi connectivity index (χ1v) is 9.71. The number of sulfonamides is 1. The fraction of sp³-hybridized carbons (Fsp3) is 0.533. The van der Waals surface area contributed by atoms with Gasteiger partial charge >= 0.3 is 0 Å². The predicted octanol–water partition coefficient (Wildman–Crippen LogP) is 0.706. The molecule has 0 saturated heterocycles. The minimum absolute atomic E-state index is 0.0921. The maximum absolute atomic E-state index is 12.0. The molecule has 0 spiro atoms. The molecule has 1 aliphatic heterocycles. The van der Waals surface area contributed by atoms with E-state index in [2.05, 4.69) is 24.7 Å². The summed E-state index contributed by atoms with van der Waals surface area (Å²) in [7, 11) is -3.14. The van der Waals surface area contributed by atoms with Gasteiger partial charge in [0.1, 0.15) is 0 Å². The van der Waals surface area contributed by atoms with E-state index in [1.807, 2.05) is 10.7 Å². The summed E-state index contributed by atoms with van der Waals surface area (Å²) < 4.78 is 28.6. The highest BCUT2D eigenvalue weighted by Crippen LogP contribution is 2.28. The minimum atomic E-state index is -3.14. The summed E-state index contributed by atoms with van der Waals surface area (Å²) in [5.74, 6) is 0.688. The molecule has 2 aliphatic rings. The molecule has 2 aromatic heterocycles. The first-order valence-electron chi connectivity index (χ1n) is 8.16. The zero-order chi connectivity index (χ0) is 16.6. The van der Waals surface area contributed by atoms with Crippen molar-refractivity contribution in [2.24, 2.45) is 0 Å². The van der Waals surface area contributed by atoms with E-state index in [1.165, 1.54) is 0 Å². The molecule has 0 radical (unpaired) electrons. The lowest BCUT2D eigenvalue weighted by molar-refractivity contribution is 0.374. The van der Waals surface area contributed by atoms with Gasteiger partial charge in [-0.1, -0.05) is 0 Å². The molecule has 1 N–H and O–H groups in total. The van der Waals surface area contributed by atoms with Crippen LogP contribution in [0.1, 0.15) is 31.0 Å². The Bertz CT molecular complexity index is 802. The Balaban J connectivity index is 1.45. The van der Waals surface area contributed by atoms with E-state index >= 15 is 0 Å². The average Bonchev–Trinajstić information content (AvgIpc) is 3.35. The second-order valence-electron chi connectivity index (χ2n) is 6.28. The molecule has 1 fully saturated rings. The number of aromatic nitrogens is 4. The van der Waals surface area contributed by atoms with Crippen LogP contribution in [0, 0.1) is 0 Å². The summed E-state index contributed by atoms with van der Waals surface area (Å²) in [6, 6.07) is 3.87. The molecule has 4 rings (SSSR count). The third-order valence-electron chi connectivity index (χ3n) is 4.46. The second-order valence-corrected chi connectivity index (χ2v) is 8.32. The SMILES string of the molecule is O=S(=O)(NCCC1CN(c2ncccn2)Cc2ccnn21)C1CC1. The van der Waals surface area contributed by atoms with Gasteiger partial charge in [-0.25, -0.2) is 23.1 Å². The van der Waals surface area contributed by atoms with Crippen LogP contribution in [0.3, 0.4) is 0 Å². The van der Waals surface area contributed by atoms with Crippen LogP contribution >= 0.6 is 0 Å². The number of fused-ring (bicyclic) bond motifs is 1. The summed E-state index contributed by atoms with van der Waals surface area (Å²) in [6.45, 7) is 1.84. The van der Waals surface area contributed by atoms with Crippen molar-refractivity contribution in [3.8, 4) is 0 Å². The van der Waals surface area contributed by atoms with E-state index in [9.17, 15) is 8.42 Å². The molecule has 2 aromatic rings. The maximum atomic E-state index is 12.0. The largest absolute Gasteiger partial charge is 0.333 e. The molecule has 1 saturated carbocycles. The van der Waals surface area contributed by atoms with Gasteiger partial charge in [-0.15, -0.1) is 0 Å². The van der Waals surface area contributed by atoms with Gasteiger partial charge < -0.3 is 4.90 Å². The molecule has 0 amide bonds. The van der Waals surface area contributed by atoms with E-state index in [0.29, 0.717) is 32.0 Å². The lowest BCUT2D eigenvalue weighted by Gasteiger charge is -2.33. The highest BCUT2D eigenvalue weighted by Gasteiger charge is 2.35. The number of nitrogens with zero attached hydrogens (tertiary/aromatic N) is 5. The molecule has 0 aromatic carbocycles. The normalized spacial score (nSPS) is 20.8.